The number of nitrogens with one attached hydrogen (secondary N) is 1. The molecule has 0 radical (unpaired) electrons. The van der Waals surface area contributed by atoms with Crippen molar-refractivity contribution in [2.24, 2.45) is 0 Å². The molecule has 0 saturated carbocycles. The number of nitrogens with zero attached hydrogens (tertiary/aromatic N) is 2. The second-order valence-electron chi connectivity index (χ2n) is 6.06. The van der Waals surface area contributed by atoms with Gasteiger partial charge in [-0.2, -0.15) is 0 Å². The van der Waals surface area contributed by atoms with Gasteiger partial charge in [-0.25, -0.2) is 13.4 Å². The molecule has 6 nitrogen and oxygen atoms in total. The first-order valence-corrected chi connectivity index (χ1v) is 10.9. The molecule has 1 N–H and O–H groups in total. The Morgan fingerprint density at radius 2 is 1.86 bits per heavy atom. The van der Waals surface area contributed by atoms with Gasteiger partial charge in [0.25, 0.3) is 15.6 Å². The largest absolute Gasteiger partial charge is 0.294 e. The van der Waals surface area contributed by atoms with Gasteiger partial charge in [0.2, 0.25) is 0 Å². The van der Waals surface area contributed by atoms with E-state index >= 15 is 0 Å². The normalized spacial score (nSPS) is 11.6. The average Bonchev–Trinajstić information content (AvgIpc) is 3.12. The number of thiophene rings is 1. The molecule has 4 aromatic rings. The summed E-state index contributed by atoms with van der Waals surface area (Å²) in [6.07, 6.45) is 1.50. The van der Waals surface area contributed by atoms with Crippen molar-refractivity contribution in [2.75, 3.05) is 4.72 Å². The summed E-state index contributed by atoms with van der Waals surface area (Å²) >= 11 is 6.79. The molecule has 0 unspecified atom stereocenters. The van der Waals surface area contributed by atoms with E-state index in [0.717, 1.165) is 16.9 Å². The lowest BCUT2D eigenvalue weighted by Crippen LogP contribution is -2.21. The lowest BCUT2D eigenvalue weighted by molar-refractivity contribution is 0.603. The van der Waals surface area contributed by atoms with Crippen LogP contribution in [0.2, 0.25) is 4.34 Å². The molecule has 142 valence electrons. The van der Waals surface area contributed by atoms with Crippen LogP contribution >= 0.6 is 22.9 Å². The van der Waals surface area contributed by atoms with Crippen molar-refractivity contribution in [1.82, 2.24) is 9.55 Å². The predicted molar refractivity (Wildman–Crippen MR) is 112 cm³/mol. The smallest absolute Gasteiger partial charge is 0.271 e. The van der Waals surface area contributed by atoms with Crippen molar-refractivity contribution in [3.8, 4) is 0 Å². The lowest BCUT2D eigenvalue weighted by atomic mass is 10.2. The molecule has 0 fully saturated rings. The molecule has 0 spiro atoms. The van der Waals surface area contributed by atoms with Crippen LogP contribution in [0.4, 0.5) is 5.69 Å². The van der Waals surface area contributed by atoms with Gasteiger partial charge in [-0.05, 0) is 35.9 Å². The van der Waals surface area contributed by atoms with Gasteiger partial charge < -0.3 is 0 Å². The molecule has 0 amide bonds. The highest BCUT2D eigenvalue weighted by atomic mass is 35.5. The Morgan fingerprint density at radius 1 is 1.07 bits per heavy atom. The van der Waals surface area contributed by atoms with E-state index in [-0.39, 0.29) is 15.5 Å². The Balaban J connectivity index is 1.70. The number of rotatable bonds is 5. The summed E-state index contributed by atoms with van der Waals surface area (Å²) < 4.78 is 29.4. The van der Waals surface area contributed by atoms with E-state index in [2.05, 4.69) is 9.71 Å². The van der Waals surface area contributed by atoms with E-state index in [4.69, 9.17) is 11.6 Å². The fourth-order valence-electron chi connectivity index (χ4n) is 2.76. The molecule has 2 aromatic carbocycles. The molecule has 0 aliphatic heterocycles. The van der Waals surface area contributed by atoms with Crippen LogP contribution in [-0.2, 0) is 16.6 Å². The van der Waals surface area contributed by atoms with Crippen molar-refractivity contribution < 1.29 is 8.42 Å². The van der Waals surface area contributed by atoms with Crippen LogP contribution in [0, 0.1) is 0 Å². The Bertz CT molecular complexity index is 1320. The summed E-state index contributed by atoms with van der Waals surface area (Å²) in [7, 11) is -3.78. The predicted octanol–water partition coefficient (Wildman–Crippen LogP) is 3.96. The van der Waals surface area contributed by atoms with Gasteiger partial charge in [-0.1, -0.05) is 41.9 Å². The standard InChI is InChI=1S/C19H14ClN3O3S2/c20-17-8-9-18(27-17)28(25,26)22-14-6-7-16-15(10-14)19(24)23(12-21-16)11-13-4-2-1-3-5-13/h1-10,12,22H,11H2. The van der Waals surface area contributed by atoms with E-state index in [1.807, 2.05) is 30.3 Å². The molecule has 2 aromatic heterocycles. The van der Waals surface area contributed by atoms with Crippen molar-refractivity contribution in [2.45, 2.75) is 10.8 Å². The molecule has 0 aliphatic rings. The lowest BCUT2D eigenvalue weighted by Gasteiger charge is -2.09. The minimum atomic E-state index is -3.78. The van der Waals surface area contributed by atoms with Crippen molar-refractivity contribution in [3.05, 3.63) is 87.2 Å². The van der Waals surface area contributed by atoms with E-state index in [1.165, 1.54) is 29.1 Å². The molecule has 28 heavy (non-hydrogen) atoms. The third-order valence-electron chi connectivity index (χ3n) is 4.09. The summed E-state index contributed by atoms with van der Waals surface area (Å²) in [4.78, 5) is 17.2. The molecule has 0 saturated heterocycles. The quantitative estimate of drug-likeness (QED) is 0.518. The highest BCUT2D eigenvalue weighted by Gasteiger charge is 2.17. The van der Waals surface area contributed by atoms with Gasteiger partial charge in [-0.3, -0.25) is 14.1 Å². The topological polar surface area (TPSA) is 81.1 Å². The molecule has 2 heterocycles. The van der Waals surface area contributed by atoms with Gasteiger partial charge in [-0.15, -0.1) is 11.3 Å². The van der Waals surface area contributed by atoms with Gasteiger partial charge in [0.1, 0.15) is 4.21 Å². The minimum Gasteiger partial charge on any atom is -0.294 e. The van der Waals surface area contributed by atoms with Crippen LogP contribution < -0.4 is 10.3 Å². The number of hydrogen-bond donors (Lipinski definition) is 1. The summed E-state index contributed by atoms with van der Waals surface area (Å²) in [6.45, 7) is 0.381. The van der Waals surface area contributed by atoms with Gasteiger partial charge >= 0.3 is 0 Å². The third kappa shape index (κ3) is 3.80. The highest BCUT2D eigenvalue weighted by molar-refractivity contribution is 7.94. The number of halogens is 1. The van der Waals surface area contributed by atoms with Crippen LogP contribution in [-0.4, -0.2) is 18.0 Å². The number of anilines is 1. The highest BCUT2D eigenvalue weighted by Crippen LogP contribution is 2.27. The van der Waals surface area contributed by atoms with Crippen LogP contribution in [0.5, 0.6) is 0 Å². The van der Waals surface area contributed by atoms with Crippen LogP contribution in [0.1, 0.15) is 5.56 Å². The number of hydrogen-bond acceptors (Lipinski definition) is 5. The fraction of sp³-hybridized carbons (Fsp3) is 0.0526. The first kappa shape index (κ1) is 18.7. The van der Waals surface area contributed by atoms with Crippen molar-refractivity contribution in [3.63, 3.8) is 0 Å². The molecular formula is C19H14ClN3O3S2. The second kappa shape index (κ2) is 7.38. The number of sulfonamides is 1. The van der Waals surface area contributed by atoms with E-state index < -0.39 is 10.0 Å². The maximum Gasteiger partial charge on any atom is 0.271 e. The van der Waals surface area contributed by atoms with Crippen LogP contribution in [0.25, 0.3) is 10.9 Å². The summed E-state index contributed by atoms with van der Waals surface area (Å²) in [6, 6.07) is 17.2. The van der Waals surface area contributed by atoms with E-state index in [9.17, 15) is 13.2 Å². The van der Waals surface area contributed by atoms with Crippen molar-refractivity contribution >= 4 is 49.6 Å². The van der Waals surface area contributed by atoms with Gasteiger partial charge in [0.15, 0.2) is 0 Å². The SMILES string of the molecule is O=c1c2cc(NS(=O)(=O)c3ccc(Cl)s3)ccc2ncn1Cc1ccccc1. The fourth-order valence-corrected chi connectivity index (χ4v) is 5.29. The Morgan fingerprint density at radius 3 is 2.57 bits per heavy atom. The number of benzene rings is 2. The zero-order valence-corrected chi connectivity index (χ0v) is 16.8. The Labute approximate surface area is 170 Å². The number of aromatic nitrogens is 2. The summed E-state index contributed by atoms with van der Waals surface area (Å²) in [5.41, 5.74) is 1.51. The monoisotopic (exact) mass is 431 g/mol. The van der Waals surface area contributed by atoms with Crippen LogP contribution in [0.3, 0.4) is 0 Å². The zero-order valence-electron chi connectivity index (χ0n) is 14.4. The molecule has 0 bridgehead atoms. The summed E-state index contributed by atoms with van der Waals surface area (Å²) in [5, 5.41) is 0.336. The second-order valence-corrected chi connectivity index (χ2v) is 9.68. The Kier molecular flexibility index (Phi) is 4.92. The van der Waals surface area contributed by atoms with Crippen molar-refractivity contribution in [1.29, 1.82) is 0 Å². The molecule has 0 aliphatic carbocycles. The van der Waals surface area contributed by atoms with E-state index in [1.54, 1.807) is 12.1 Å². The molecule has 0 atom stereocenters. The average molecular weight is 432 g/mol. The first-order chi connectivity index (χ1) is 13.4. The minimum absolute atomic E-state index is 0.102. The van der Waals surface area contributed by atoms with Gasteiger partial charge in [0, 0.05) is 5.69 Å². The maximum atomic E-state index is 12.9. The number of fused-ring (bicyclic) bond motifs is 1. The molecule has 9 heteroatoms. The zero-order chi connectivity index (χ0) is 19.7. The third-order valence-corrected chi connectivity index (χ3v) is 7.19. The van der Waals surface area contributed by atoms with Crippen LogP contribution in [0.15, 0.2) is 76.0 Å². The van der Waals surface area contributed by atoms with Gasteiger partial charge in [0.05, 0.1) is 28.1 Å². The first-order valence-electron chi connectivity index (χ1n) is 8.24. The maximum absolute atomic E-state index is 12.9. The Hall–Kier alpha value is -2.68. The van der Waals surface area contributed by atoms with E-state index in [0.29, 0.717) is 21.8 Å². The molecule has 4 rings (SSSR count). The molecular weight excluding hydrogens is 418 g/mol. The summed E-state index contributed by atoms with van der Waals surface area (Å²) in [5.74, 6) is 0.